The molecule has 2 saturated heterocycles. The van der Waals surface area contributed by atoms with Crippen LogP contribution in [0.1, 0.15) is 32.1 Å². The minimum absolute atomic E-state index is 0.115. The molecule has 0 unspecified atom stereocenters. The molecule has 1 N–H and O–H groups in total. The third-order valence-corrected chi connectivity index (χ3v) is 5.38. The lowest BCUT2D eigenvalue weighted by atomic mass is 10.1. The van der Waals surface area contributed by atoms with Crippen LogP contribution in [0.25, 0.3) is 0 Å². The predicted molar refractivity (Wildman–Crippen MR) is 94.5 cm³/mol. The maximum atomic E-state index is 12.8. The Morgan fingerprint density at radius 3 is 2.60 bits per heavy atom. The zero-order valence-electron chi connectivity index (χ0n) is 14.6. The number of hydrogen-bond acceptors (Lipinski definition) is 5. The number of nitrogens with one attached hydrogen (secondary N) is 1. The van der Waals surface area contributed by atoms with Crippen LogP contribution in [0.15, 0.2) is 18.5 Å². The van der Waals surface area contributed by atoms with Gasteiger partial charge in [0, 0.05) is 56.6 Å². The van der Waals surface area contributed by atoms with E-state index in [1.54, 1.807) is 12.4 Å². The van der Waals surface area contributed by atoms with Crippen molar-refractivity contribution in [1.29, 1.82) is 0 Å². The van der Waals surface area contributed by atoms with Crippen molar-refractivity contribution < 1.29 is 9.53 Å². The first kappa shape index (κ1) is 16.6. The van der Waals surface area contributed by atoms with Gasteiger partial charge in [0.1, 0.15) is 0 Å². The van der Waals surface area contributed by atoms with Gasteiger partial charge in [0.05, 0.1) is 6.61 Å². The Bertz CT molecular complexity index is 566. The van der Waals surface area contributed by atoms with Crippen LogP contribution in [0.3, 0.4) is 0 Å². The Labute approximate surface area is 148 Å². The predicted octanol–water partition coefficient (Wildman–Crippen LogP) is 1.66. The number of rotatable bonds is 5. The second-order valence-corrected chi connectivity index (χ2v) is 7.37. The van der Waals surface area contributed by atoms with Gasteiger partial charge in [0.15, 0.2) is 0 Å². The van der Waals surface area contributed by atoms with Crippen molar-refractivity contribution in [3.05, 3.63) is 18.5 Å². The molecular formula is C18H27N5O2. The van der Waals surface area contributed by atoms with Gasteiger partial charge in [0.2, 0.25) is 5.95 Å². The fourth-order valence-corrected chi connectivity index (χ4v) is 3.73. The molecule has 3 heterocycles. The van der Waals surface area contributed by atoms with Crippen LogP contribution < -0.4 is 10.2 Å². The van der Waals surface area contributed by atoms with E-state index in [1.807, 2.05) is 6.07 Å². The van der Waals surface area contributed by atoms with E-state index in [9.17, 15) is 4.79 Å². The Morgan fingerprint density at radius 1 is 1.20 bits per heavy atom. The maximum absolute atomic E-state index is 12.8. The number of nitrogens with zero attached hydrogens (tertiary/aromatic N) is 4. The molecule has 1 aliphatic carbocycles. The van der Waals surface area contributed by atoms with E-state index >= 15 is 0 Å². The molecule has 0 aromatic carbocycles. The van der Waals surface area contributed by atoms with E-state index in [-0.39, 0.29) is 12.1 Å². The molecule has 25 heavy (non-hydrogen) atoms. The summed E-state index contributed by atoms with van der Waals surface area (Å²) in [4.78, 5) is 25.6. The summed E-state index contributed by atoms with van der Waals surface area (Å²) in [6, 6.07) is 2.63. The number of piperidine rings is 1. The summed E-state index contributed by atoms with van der Waals surface area (Å²) in [5.74, 6) is 1.29. The molecule has 3 aliphatic rings. The molecule has 7 nitrogen and oxygen atoms in total. The molecule has 1 atom stereocenters. The van der Waals surface area contributed by atoms with Gasteiger partial charge in [-0.1, -0.05) is 0 Å². The van der Waals surface area contributed by atoms with Gasteiger partial charge in [-0.15, -0.1) is 0 Å². The average Bonchev–Trinajstić information content (AvgIpc) is 3.36. The first-order valence-corrected chi connectivity index (χ1v) is 9.46. The van der Waals surface area contributed by atoms with E-state index < -0.39 is 0 Å². The zero-order chi connectivity index (χ0) is 17.1. The molecule has 1 aromatic heterocycles. The van der Waals surface area contributed by atoms with Crippen molar-refractivity contribution in [2.75, 3.05) is 37.7 Å². The van der Waals surface area contributed by atoms with Gasteiger partial charge >= 0.3 is 6.03 Å². The van der Waals surface area contributed by atoms with Crippen molar-refractivity contribution in [3.8, 4) is 0 Å². The summed E-state index contributed by atoms with van der Waals surface area (Å²) in [6.45, 7) is 4.24. The molecule has 2 aliphatic heterocycles. The van der Waals surface area contributed by atoms with Crippen LogP contribution in [-0.4, -0.2) is 65.8 Å². The first-order valence-electron chi connectivity index (χ1n) is 9.46. The highest BCUT2D eigenvalue weighted by molar-refractivity contribution is 5.75. The minimum Gasteiger partial charge on any atom is -0.381 e. The number of carbonyl (C=O) groups is 1. The quantitative estimate of drug-likeness (QED) is 0.879. The number of carbonyl (C=O) groups excluding carboxylic acids is 1. The monoisotopic (exact) mass is 345 g/mol. The molecule has 1 aromatic rings. The summed E-state index contributed by atoms with van der Waals surface area (Å²) in [5, 5.41) is 3.26. The average molecular weight is 345 g/mol. The smallest absolute Gasteiger partial charge is 0.317 e. The second-order valence-electron chi connectivity index (χ2n) is 7.37. The van der Waals surface area contributed by atoms with Gasteiger partial charge in [0.25, 0.3) is 0 Å². The highest BCUT2D eigenvalue weighted by Gasteiger charge is 2.35. The van der Waals surface area contributed by atoms with Crippen molar-refractivity contribution in [2.45, 2.75) is 44.2 Å². The third-order valence-electron chi connectivity index (χ3n) is 5.38. The summed E-state index contributed by atoms with van der Waals surface area (Å²) >= 11 is 0. The molecular weight excluding hydrogens is 318 g/mol. The van der Waals surface area contributed by atoms with Gasteiger partial charge in [-0.05, 0) is 38.2 Å². The lowest BCUT2D eigenvalue weighted by molar-refractivity contribution is 0.159. The molecule has 0 radical (unpaired) electrons. The van der Waals surface area contributed by atoms with E-state index in [0.29, 0.717) is 12.0 Å². The van der Waals surface area contributed by atoms with Crippen molar-refractivity contribution in [2.24, 2.45) is 5.92 Å². The number of urea groups is 1. The summed E-state index contributed by atoms with van der Waals surface area (Å²) < 4.78 is 5.47. The van der Waals surface area contributed by atoms with Crippen LogP contribution in [-0.2, 0) is 4.74 Å². The first-order chi connectivity index (χ1) is 12.3. The van der Waals surface area contributed by atoms with Crippen molar-refractivity contribution in [1.82, 2.24) is 20.2 Å². The summed E-state index contributed by atoms with van der Waals surface area (Å²) in [7, 11) is 0. The van der Waals surface area contributed by atoms with Crippen LogP contribution >= 0.6 is 0 Å². The number of anilines is 1. The van der Waals surface area contributed by atoms with Crippen LogP contribution in [0.5, 0.6) is 0 Å². The number of aromatic nitrogens is 2. The zero-order valence-corrected chi connectivity index (χ0v) is 14.6. The van der Waals surface area contributed by atoms with Crippen molar-refractivity contribution in [3.63, 3.8) is 0 Å². The Balaban J connectivity index is 1.27. The molecule has 136 valence electrons. The lowest BCUT2D eigenvalue weighted by Gasteiger charge is -2.34. The Morgan fingerprint density at radius 2 is 1.96 bits per heavy atom. The normalized spacial score (nSPS) is 24.3. The van der Waals surface area contributed by atoms with Crippen LogP contribution in [0.4, 0.5) is 10.7 Å². The molecule has 4 rings (SSSR count). The van der Waals surface area contributed by atoms with Crippen LogP contribution in [0.2, 0.25) is 0 Å². The fourth-order valence-electron chi connectivity index (χ4n) is 3.73. The molecule has 7 heteroatoms. The van der Waals surface area contributed by atoms with E-state index in [2.05, 4.69) is 25.1 Å². The molecule has 3 fully saturated rings. The van der Waals surface area contributed by atoms with Gasteiger partial charge in [-0.2, -0.15) is 0 Å². The number of ether oxygens (including phenoxy) is 1. The number of amides is 2. The largest absolute Gasteiger partial charge is 0.381 e. The number of hydrogen-bond donors (Lipinski definition) is 1. The lowest BCUT2D eigenvalue weighted by Crippen LogP contribution is -2.51. The van der Waals surface area contributed by atoms with E-state index in [4.69, 9.17) is 4.74 Å². The molecule has 0 bridgehead atoms. The van der Waals surface area contributed by atoms with E-state index in [1.165, 1.54) is 0 Å². The summed E-state index contributed by atoms with van der Waals surface area (Å²) in [5.41, 5.74) is 0. The van der Waals surface area contributed by atoms with Gasteiger partial charge in [-0.25, -0.2) is 14.8 Å². The molecule has 1 saturated carbocycles. The summed E-state index contributed by atoms with van der Waals surface area (Å²) in [6.07, 6.45) is 8.79. The van der Waals surface area contributed by atoms with Crippen LogP contribution in [0, 0.1) is 5.92 Å². The van der Waals surface area contributed by atoms with Gasteiger partial charge in [-0.3, -0.25) is 0 Å². The fraction of sp³-hybridized carbons (Fsp3) is 0.722. The third kappa shape index (κ3) is 4.21. The Kier molecular flexibility index (Phi) is 5.01. The Hall–Kier alpha value is -1.89. The second kappa shape index (κ2) is 7.56. The van der Waals surface area contributed by atoms with Gasteiger partial charge < -0.3 is 19.9 Å². The highest BCUT2D eigenvalue weighted by Crippen LogP contribution is 2.29. The SMILES string of the molecule is O=C(NC1CCN(c2ncccn2)CC1)N(C[C@@H]1CCOC1)C1CC1. The standard InChI is InChI=1S/C18H27N5O2/c24-18(23(16-2-3-16)12-14-6-11-25-13-14)21-15-4-9-22(10-5-15)17-19-7-1-8-20-17/h1,7-8,14-16H,2-6,9-13H2,(H,21,24)/t14-/m0/s1. The molecule has 0 spiro atoms. The van der Waals surface area contributed by atoms with Crippen molar-refractivity contribution >= 4 is 12.0 Å². The van der Waals surface area contributed by atoms with E-state index in [0.717, 1.165) is 70.9 Å². The topological polar surface area (TPSA) is 70.6 Å². The maximum Gasteiger partial charge on any atom is 0.317 e. The highest BCUT2D eigenvalue weighted by atomic mass is 16.5. The molecule has 2 amide bonds. The minimum atomic E-state index is 0.115.